The van der Waals surface area contributed by atoms with E-state index in [9.17, 15) is 9.59 Å². The SMILES string of the molecule is C[C@@H](OC(=O)c1ccc(Cl)nc1)C(=O)Nc1ccc(OCc2ccccc2)cc1. The summed E-state index contributed by atoms with van der Waals surface area (Å²) in [5, 5.41) is 2.97. The van der Waals surface area contributed by atoms with Crippen LogP contribution in [0.15, 0.2) is 72.9 Å². The fourth-order valence-corrected chi connectivity index (χ4v) is 2.51. The van der Waals surface area contributed by atoms with Crippen LogP contribution < -0.4 is 10.1 Å². The molecule has 6 nitrogen and oxygen atoms in total. The van der Waals surface area contributed by atoms with Crippen molar-refractivity contribution in [3.05, 3.63) is 89.2 Å². The predicted octanol–water partition coefficient (Wildman–Crippen LogP) is 4.50. The molecule has 1 aromatic heterocycles. The lowest BCUT2D eigenvalue weighted by atomic mass is 10.2. The number of amides is 1. The van der Waals surface area contributed by atoms with Crippen LogP contribution in [0.3, 0.4) is 0 Å². The van der Waals surface area contributed by atoms with Gasteiger partial charge >= 0.3 is 5.97 Å². The number of carbonyl (C=O) groups excluding carboxylic acids is 2. The summed E-state index contributed by atoms with van der Waals surface area (Å²) in [7, 11) is 0. The van der Waals surface area contributed by atoms with Gasteiger partial charge in [0.2, 0.25) is 0 Å². The standard InChI is InChI=1S/C22H19ClN2O4/c1-15(29-22(27)17-7-12-20(23)24-13-17)21(26)25-18-8-10-19(11-9-18)28-14-16-5-3-2-4-6-16/h2-13,15H,14H2,1H3,(H,25,26)/t15-/m1/s1. The summed E-state index contributed by atoms with van der Waals surface area (Å²) in [5.41, 5.74) is 1.85. The van der Waals surface area contributed by atoms with Crippen LogP contribution in [-0.2, 0) is 16.1 Å². The molecular weight excluding hydrogens is 392 g/mol. The second kappa shape index (κ2) is 9.71. The first-order valence-corrected chi connectivity index (χ1v) is 9.29. The van der Waals surface area contributed by atoms with Gasteiger partial charge in [0.05, 0.1) is 5.56 Å². The van der Waals surface area contributed by atoms with E-state index in [1.807, 2.05) is 30.3 Å². The van der Waals surface area contributed by atoms with Crippen molar-refractivity contribution in [1.82, 2.24) is 4.98 Å². The number of benzene rings is 2. The van der Waals surface area contributed by atoms with E-state index in [0.29, 0.717) is 18.0 Å². The normalized spacial score (nSPS) is 11.4. The highest BCUT2D eigenvalue weighted by molar-refractivity contribution is 6.29. The summed E-state index contributed by atoms with van der Waals surface area (Å²) in [6, 6.07) is 19.7. The fraction of sp³-hybridized carbons (Fsp3) is 0.136. The number of anilines is 1. The molecule has 1 N–H and O–H groups in total. The van der Waals surface area contributed by atoms with Gasteiger partial charge in [-0.3, -0.25) is 4.79 Å². The van der Waals surface area contributed by atoms with Crippen molar-refractivity contribution in [1.29, 1.82) is 0 Å². The number of esters is 1. The van der Waals surface area contributed by atoms with E-state index >= 15 is 0 Å². The average Bonchev–Trinajstić information content (AvgIpc) is 2.74. The molecule has 0 saturated carbocycles. The molecule has 0 unspecified atom stereocenters. The highest BCUT2D eigenvalue weighted by Crippen LogP contribution is 2.18. The number of rotatable bonds is 7. The molecule has 148 valence electrons. The lowest BCUT2D eigenvalue weighted by Crippen LogP contribution is -2.30. The van der Waals surface area contributed by atoms with Crippen molar-refractivity contribution < 1.29 is 19.1 Å². The Balaban J connectivity index is 1.50. The maximum Gasteiger partial charge on any atom is 0.340 e. The number of nitrogens with one attached hydrogen (secondary N) is 1. The Bertz CT molecular complexity index is 960. The van der Waals surface area contributed by atoms with Crippen LogP contribution in [0, 0.1) is 0 Å². The molecule has 1 amide bonds. The summed E-state index contributed by atoms with van der Waals surface area (Å²) in [5.74, 6) is -0.415. The van der Waals surface area contributed by atoms with Crippen LogP contribution >= 0.6 is 11.6 Å². The smallest absolute Gasteiger partial charge is 0.340 e. The summed E-state index contributed by atoms with van der Waals surface area (Å²) < 4.78 is 10.9. The number of pyridine rings is 1. The Morgan fingerprint density at radius 3 is 2.41 bits per heavy atom. The molecule has 3 rings (SSSR count). The van der Waals surface area contributed by atoms with Crippen molar-refractivity contribution in [2.75, 3.05) is 5.32 Å². The molecule has 0 fully saturated rings. The molecule has 0 spiro atoms. The van der Waals surface area contributed by atoms with Gasteiger partial charge in [-0.15, -0.1) is 0 Å². The van der Waals surface area contributed by atoms with Gasteiger partial charge in [0.1, 0.15) is 17.5 Å². The summed E-state index contributed by atoms with van der Waals surface area (Å²) in [4.78, 5) is 28.1. The first kappa shape index (κ1) is 20.4. The van der Waals surface area contributed by atoms with Gasteiger partial charge in [0, 0.05) is 11.9 Å². The molecule has 7 heteroatoms. The van der Waals surface area contributed by atoms with E-state index in [1.165, 1.54) is 25.3 Å². The molecule has 2 aromatic carbocycles. The molecule has 29 heavy (non-hydrogen) atoms. The number of ether oxygens (including phenoxy) is 2. The third-order valence-corrected chi connectivity index (χ3v) is 4.21. The Morgan fingerprint density at radius 1 is 1.03 bits per heavy atom. The summed E-state index contributed by atoms with van der Waals surface area (Å²) >= 11 is 5.69. The number of nitrogens with zero attached hydrogens (tertiary/aromatic N) is 1. The molecule has 0 aliphatic carbocycles. The molecule has 0 radical (unpaired) electrons. The van der Waals surface area contributed by atoms with Crippen LogP contribution in [0.25, 0.3) is 0 Å². The lowest BCUT2D eigenvalue weighted by molar-refractivity contribution is -0.123. The summed E-state index contributed by atoms with van der Waals surface area (Å²) in [6.45, 7) is 1.95. The van der Waals surface area contributed by atoms with Crippen molar-refractivity contribution in [3.8, 4) is 5.75 Å². The van der Waals surface area contributed by atoms with Crippen LogP contribution in [0.4, 0.5) is 5.69 Å². The van der Waals surface area contributed by atoms with Crippen LogP contribution in [0.5, 0.6) is 5.75 Å². The first-order valence-electron chi connectivity index (χ1n) is 8.91. The Morgan fingerprint density at radius 2 is 1.76 bits per heavy atom. The zero-order valence-electron chi connectivity index (χ0n) is 15.7. The van der Waals surface area contributed by atoms with E-state index < -0.39 is 18.0 Å². The van der Waals surface area contributed by atoms with Gasteiger partial charge in [-0.05, 0) is 48.9 Å². The van der Waals surface area contributed by atoms with Crippen molar-refractivity contribution in [2.24, 2.45) is 0 Å². The predicted molar refractivity (Wildman–Crippen MR) is 110 cm³/mol. The maximum absolute atomic E-state index is 12.3. The Hall–Kier alpha value is -3.38. The van der Waals surface area contributed by atoms with Gasteiger partial charge in [-0.2, -0.15) is 0 Å². The second-order valence-corrected chi connectivity index (χ2v) is 6.59. The highest BCUT2D eigenvalue weighted by Gasteiger charge is 2.19. The van der Waals surface area contributed by atoms with Crippen LogP contribution in [0.2, 0.25) is 5.15 Å². The minimum Gasteiger partial charge on any atom is -0.489 e. The van der Waals surface area contributed by atoms with Gasteiger partial charge in [0.15, 0.2) is 6.10 Å². The third-order valence-electron chi connectivity index (χ3n) is 3.99. The van der Waals surface area contributed by atoms with Crippen molar-refractivity contribution in [3.63, 3.8) is 0 Å². The minimum atomic E-state index is -0.979. The number of halogens is 1. The van der Waals surface area contributed by atoms with E-state index in [4.69, 9.17) is 21.1 Å². The molecule has 0 aliphatic heterocycles. The van der Waals surface area contributed by atoms with Gasteiger partial charge in [-0.1, -0.05) is 41.9 Å². The largest absolute Gasteiger partial charge is 0.489 e. The van der Waals surface area contributed by atoms with E-state index in [2.05, 4.69) is 10.3 Å². The molecular formula is C22H19ClN2O4. The maximum atomic E-state index is 12.3. The van der Waals surface area contributed by atoms with Gasteiger partial charge in [0.25, 0.3) is 5.91 Å². The molecule has 0 saturated heterocycles. The molecule has 1 atom stereocenters. The molecule has 0 aliphatic rings. The second-order valence-electron chi connectivity index (χ2n) is 6.21. The Kier molecular flexibility index (Phi) is 6.81. The Labute approximate surface area is 173 Å². The quantitative estimate of drug-likeness (QED) is 0.458. The number of aromatic nitrogens is 1. The number of hydrogen-bond donors (Lipinski definition) is 1. The molecule has 1 heterocycles. The third kappa shape index (κ3) is 6.05. The first-order chi connectivity index (χ1) is 14.0. The number of hydrogen-bond acceptors (Lipinski definition) is 5. The van der Waals surface area contributed by atoms with E-state index in [-0.39, 0.29) is 10.7 Å². The van der Waals surface area contributed by atoms with E-state index in [0.717, 1.165) is 5.56 Å². The lowest BCUT2D eigenvalue weighted by Gasteiger charge is -2.14. The fourth-order valence-electron chi connectivity index (χ4n) is 2.40. The van der Waals surface area contributed by atoms with Crippen LogP contribution in [-0.4, -0.2) is 23.0 Å². The average molecular weight is 411 g/mol. The van der Waals surface area contributed by atoms with E-state index in [1.54, 1.807) is 24.3 Å². The highest BCUT2D eigenvalue weighted by atomic mass is 35.5. The molecule has 0 bridgehead atoms. The van der Waals surface area contributed by atoms with Crippen molar-refractivity contribution in [2.45, 2.75) is 19.6 Å². The van der Waals surface area contributed by atoms with Gasteiger partial charge in [-0.25, -0.2) is 9.78 Å². The summed E-state index contributed by atoms with van der Waals surface area (Å²) in [6.07, 6.45) is 0.316. The monoisotopic (exact) mass is 410 g/mol. The van der Waals surface area contributed by atoms with Crippen LogP contribution in [0.1, 0.15) is 22.8 Å². The molecule has 3 aromatic rings. The zero-order chi connectivity index (χ0) is 20.6. The minimum absolute atomic E-state index is 0.217. The zero-order valence-corrected chi connectivity index (χ0v) is 16.4. The van der Waals surface area contributed by atoms with Gasteiger partial charge < -0.3 is 14.8 Å². The topological polar surface area (TPSA) is 77.5 Å². The number of carbonyl (C=O) groups is 2. The van der Waals surface area contributed by atoms with Crippen molar-refractivity contribution >= 4 is 29.2 Å².